The van der Waals surface area contributed by atoms with Crippen molar-refractivity contribution in [2.24, 2.45) is 0 Å². The fourth-order valence-corrected chi connectivity index (χ4v) is 0.140. The van der Waals surface area contributed by atoms with E-state index >= 15 is 0 Å². The molecule has 0 aromatic heterocycles. The van der Waals surface area contributed by atoms with Crippen molar-refractivity contribution in [1.82, 2.24) is 0 Å². The maximum absolute atomic E-state index is 11.3. The van der Waals surface area contributed by atoms with Gasteiger partial charge in [-0.15, -0.1) is 0 Å². The van der Waals surface area contributed by atoms with Crippen molar-refractivity contribution in [3.63, 3.8) is 0 Å². The standard InChI is InChI=1S/C3H2F4O2.Na/c4-1(2(8)9)3(5,6)7;/h1H,(H,8,9);. The molecule has 1 atom stereocenters. The number of rotatable bonds is 1. The first-order chi connectivity index (χ1) is 3.85. The Morgan fingerprint density at radius 2 is 1.70 bits per heavy atom. The number of hydrogen-bond donors (Lipinski definition) is 1. The fraction of sp³-hybridized carbons (Fsp3) is 0.667. The minimum absolute atomic E-state index is 0. The van der Waals surface area contributed by atoms with Gasteiger partial charge in [0.15, 0.2) is 0 Å². The van der Waals surface area contributed by atoms with Crippen LogP contribution in [0.5, 0.6) is 0 Å². The summed E-state index contributed by atoms with van der Waals surface area (Å²) in [4.78, 5) is 9.25. The van der Waals surface area contributed by atoms with Crippen LogP contribution >= 0.6 is 0 Å². The van der Waals surface area contributed by atoms with E-state index in [0.29, 0.717) is 0 Å². The molecule has 55 valence electrons. The first kappa shape index (κ1) is 12.8. The molecule has 0 saturated heterocycles. The first-order valence-electron chi connectivity index (χ1n) is 1.79. The predicted molar refractivity (Wildman–Crippen MR) is 24.3 cm³/mol. The van der Waals surface area contributed by atoms with Gasteiger partial charge in [-0.1, -0.05) is 0 Å². The molecule has 0 amide bonds. The number of hydrogen-bond acceptors (Lipinski definition) is 1. The van der Waals surface area contributed by atoms with Crippen LogP contribution < -0.4 is 0 Å². The van der Waals surface area contributed by atoms with Crippen LogP contribution in [0.15, 0.2) is 0 Å². The third-order valence-electron chi connectivity index (χ3n) is 0.504. The van der Waals surface area contributed by atoms with Crippen LogP contribution in [0, 0.1) is 0 Å². The Kier molecular flexibility index (Phi) is 5.32. The Hall–Kier alpha value is 0.190. The van der Waals surface area contributed by atoms with Gasteiger partial charge in [0.2, 0.25) is 0 Å². The molecule has 1 radical (unpaired) electrons. The Labute approximate surface area is 75.5 Å². The molecule has 10 heavy (non-hydrogen) atoms. The van der Waals surface area contributed by atoms with Crippen molar-refractivity contribution < 1.29 is 27.5 Å². The van der Waals surface area contributed by atoms with Crippen molar-refractivity contribution in [2.45, 2.75) is 12.3 Å². The van der Waals surface area contributed by atoms with E-state index in [9.17, 15) is 22.4 Å². The average molecular weight is 169 g/mol. The van der Waals surface area contributed by atoms with Crippen molar-refractivity contribution in [1.29, 1.82) is 0 Å². The zero-order valence-electron chi connectivity index (χ0n) is 4.94. The number of aliphatic carboxylic acids is 1. The molecule has 0 spiro atoms. The number of carbonyl (C=O) groups is 1. The van der Waals surface area contributed by atoms with E-state index in [4.69, 9.17) is 5.11 Å². The van der Waals surface area contributed by atoms with Crippen LogP contribution in [-0.2, 0) is 4.79 Å². The van der Waals surface area contributed by atoms with Crippen molar-refractivity contribution in [3.8, 4) is 0 Å². The van der Waals surface area contributed by atoms with E-state index in [2.05, 4.69) is 0 Å². The normalized spacial score (nSPS) is 13.6. The zero-order valence-corrected chi connectivity index (χ0v) is 6.94. The summed E-state index contributed by atoms with van der Waals surface area (Å²) in [6.45, 7) is 0. The van der Waals surface area contributed by atoms with Crippen LogP contribution in [0.1, 0.15) is 0 Å². The molecular weight excluding hydrogens is 167 g/mol. The molecular formula is C3H2F4NaO2. The number of halogens is 4. The Morgan fingerprint density at radius 1 is 1.40 bits per heavy atom. The van der Waals surface area contributed by atoms with Crippen molar-refractivity contribution in [3.05, 3.63) is 0 Å². The molecule has 0 rings (SSSR count). The molecule has 0 aliphatic rings. The third-order valence-corrected chi connectivity index (χ3v) is 0.504. The molecule has 7 heteroatoms. The molecule has 0 fully saturated rings. The minimum Gasteiger partial charge on any atom is -0.479 e. The van der Waals surface area contributed by atoms with Crippen LogP contribution in [0.25, 0.3) is 0 Å². The predicted octanol–water partition coefficient (Wildman–Crippen LogP) is 0.591. The molecule has 0 aromatic rings. The van der Waals surface area contributed by atoms with Gasteiger partial charge in [0.1, 0.15) is 0 Å². The summed E-state index contributed by atoms with van der Waals surface area (Å²) >= 11 is 0. The quantitative estimate of drug-likeness (QED) is 0.460. The summed E-state index contributed by atoms with van der Waals surface area (Å²) in [5.41, 5.74) is 0. The number of carboxylic acid groups (broad SMARTS) is 1. The van der Waals surface area contributed by atoms with Gasteiger partial charge in [-0.3, -0.25) is 0 Å². The Balaban J connectivity index is 0. The maximum Gasteiger partial charge on any atom is 0.430 e. The fourth-order valence-electron chi connectivity index (χ4n) is 0.140. The molecule has 1 unspecified atom stereocenters. The monoisotopic (exact) mass is 169 g/mol. The van der Waals surface area contributed by atoms with Crippen LogP contribution in [-0.4, -0.2) is 53.0 Å². The van der Waals surface area contributed by atoms with E-state index in [0.717, 1.165) is 0 Å². The molecule has 0 bridgehead atoms. The second-order valence-corrected chi connectivity index (χ2v) is 1.24. The summed E-state index contributed by atoms with van der Waals surface area (Å²) in [6.07, 6.45) is -9.05. The average Bonchev–Trinajstić information content (AvgIpc) is 1.62. The summed E-state index contributed by atoms with van der Waals surface area (Å²) in [6, 6.07) is 0. The van der Waals surface area contributed by atoms with E-state index in [1.165, 1.54) is 0 Å². The number of alkyl halides is 4. The second-order valence-electron chi connectivity index (χ2n) is 1.24. The Morgan fingerprint density at radius 3 is 1.70 bits per heavy atom. The summed E-state index contributed by atoms with van der Waals surface area (Å²) in [7, 11) is 0. The zero-order chi connectivity index (χ0) is 7.65. The van der Waals surface area contributed by atoms with Crippen molar-refractivity contribution in [2.75, 3.05) is 0 Å². The first-order valence-corrected chi connectivity index (χ1v) is 1.79. The van der Waals surface area contributed by atoms with Gasteiger partial charge in [0.05, 0.1) is 0 Å². The third kappa shape index (κ3) is 4.08. The molecule has 0 aliphatic heterocycles. The van der Waals surface area contributed by atoms with Gasteiger partial charge in [0.25, 0.3) is 6.17 Å². The molecule has 0 aromatic carbocycles. The van der Waals surface area contributed by atoms with E-state index < -0.39 is 18.3 Å². The topological polar surface area (TPSA) is 37.3 Å². The van der Waals surface area contributed by atoms with Crippen molar-refractivity contribution >= 4 is 35.5 Å². The molecule has 1 N–H and O–H groups in total. The maximum atomic E-state index is 11.3. The van der Waals surface area contributed by atoms with Gasteiger partial charge in [0, 0.05) is 29.6 Å². The molecule has 0 saturated carbocycles. The van der Waals surface area contributed by atoms with Gasteiger partial charge in [-0.25, -0.2) is 9.18 Å². The van der Waals surface area contributed by atoms with E-state index in [1.54, 1.807) is 0 Å². The van der Waals surface area contributed by atoms with Gasteiger partial charge >= 0.3 is 12.1 Å². The van der Waals surface area contributed by atoms with E-state index in [-0.39, 0.29) is 29.6 Å². The molecule has 2 nitrogen and oxygen atoms in total. The summed E-state index contributed by atoms with van der Waals surface area (Å²) < 4.78 is 44.1. The van der Waals surface area contributed by atoms with Crippen LogP contribution in [0.4, 0.5) is 17.6 Å². The van der Waals surface area contributed by atoms with Gasteiger partial charge < -0.3 is 5.11 Å². The summed E-state index contributed by atoms with van der Waals surface area (Å²) in [5.74, 6) is -2.51. The molecule has 0 aliphatic carbocycles. The largest absolute Gasteiger partial charge is 0.479 e. The smallest absolute Gasteiger partial charge is 0.430 e. The van der Waals surface area contributed by atoms with Gasteiger partial charge in [-0.05, 0) is 0 Å². The van der Waals surface area contributed by atoms with E-state index in [1.807, 2.05) is 0 Å². The Bertz CT molecular complexity index is 122. The summed E-state index contributed by atoms with van der Waals surface area (Å²) in [5, 5.41) is 7.42. The number of carboxylic acids is 1. The van der Waals surface area contributed by atoms with Crippen LogP contribution in [0.2, 0.25) is 0 Å². The minimum atomic E-state index is -5.29. The molecule has 0 heterocycles. The van der Waals surface area contributed by atoms with Crippen LogP contribution in [0.3, 0.4) is 0 Å². The van der Waals surface area contributed by atoms with Gasteiger partial charge in [-0.2, -0.15) is 13.2 Å². The second kappa shape index (κ2) is 4.15. The SMILES string of the molecule is O=C(O)C(F)C(F)(F)F.[Na].